The van der Waals surface area contributed by atoms with E-state index in [-0.39, 0.29) is 0 Å². The summed E-state index contributed by atoms with van der Waals surface area (Å²) in [4.78, 5) is 6.98. The van der Waals surface area contributed by atoms with Crippen LogP contribution in [0.15, 0.2) is 30.6 Å². The van der Waals surface area contributed by atoms with E-state index in [9.17, 15) is 0 Å². The van der Waals surface area contributed by atoms with Gasteiger partial charge in [0.25, 0.3) is 0 Å². The van der Waals surface area contributed by atoms with Crippen molar-refractivity contribution in [3.05, 3.63) is 30.6 Å². The molecular weight excluding hydrogens is 238 g/mol. The van der Waals surface area contributed by atoms with E-state index in [2.05, 4.69) is 32.7 Å². The van der Waals surface area contributed by atoms with Crippen LogP contribution in [0.2, 0.25) is 0 Å². The van der Waals surface area contributed by atoms with Gasteiger partial charge in [-0.15, -0.1) is 0 Å². The predicted molar refractivity (Wildman–Crippen MR) is 76.2 cm³/mol. The van der Waals surface area contributed by atoms with Crippen LogP contribution in [0.25, 0.3) is 11.0 Å². The molecule has 0 aliphatic carbocycles. The molecule has 1 fully saturated rings. The van der Waals surface area contributed by atoms with Gasteiger partial charge in [0.2, 0.25) is 0 Å². The molecule has 4 nitrogen and oxygen atoms in total. The second kappa shape index (κ2) is 5.72. The molecule has 3 rings (SSSR count). The standard InChI is InChI=1S/C15H21N3O/c1-19-11-13-5-4-8-17(13)9-10-18-12-16-14-6-2-3-7-15(14)18/h2-3,6-7,12-13H,4-5,8-11H2,1H3/t13-/m0/s1. The van der Waals surface area contributed by atoms with Gasteiger partial charge in [0, 0.05) is 26.2 Å². The summed E-state index contributed by atoms with van der Waals surface area (Å²) in [5, 5.41) is 0. The minimum Gasteiger partial charge on any atom is -0.383 e. The number of ether oxygens (including phenoxy) is 1. The summed E-state index contributed by atoms with van der Waals surface area (Å²) in [6.07, 6.45) is 4.50. The average Bonchev–Trinajstić information content (AvgIpc) is 3.04. The van der Waals surface area contributed by atoms with Gasteiger partial charge in [-0.3, -0.25) is 4.90 Å². The summed E-state index contributed by atoms with van der Waals surface area (Å²) in [5.41, 5.74) is 2.31. The number of likely N-dealkylation sites (tertiary alicyclic amines) is 1. The Bertz CT molecular complexity index is 537. The van der Waals surface area contributed by atoms with Crippen LogP contribution in [-0.4, -0.2) is 47.3 Å². The lowest BCUT2D eigenvalue weighted by molar-refractivity contribution is 0.113. The van der Waals surface area contributed by atoms with Gasteiger partial charge in [-0.05, 0) is 31.5 Å². The van der Waals surface area contributed by atoms with Crippen molar-refractivity contribution in [3.8, 4) is 0 Å². The number of para-hydroxylation sites is 2. The maximum Gasteiger partial charge on any atom is 0.0958 e. The SMILES string of the molecule is COC[C@@H]1CCCN1CCn1cnc2ccccc21. The zero-order chi connectivity index (χ0) is 13.1. The molecule has 1 saturated heterocycles. The number of nitrogens with zero attached hydrogens (tertiary/aromatic N) is 3. The molecule has 0 spiro atoms. The van der Waals surface area contributed by atoms with E-state index in [1.807, 2.05) is 12.4 Å². The molecule has 1 atom stereocenters. The van der Waals surface area contributed by atoms with Crippen LogP contribution in [0.4, 0.5) is 0 Å². The van der Waals surface area contributed by atoms with Crippen molar-refractivity contribution in [2.24, 2.45) is 0 Å². The van der Waals surface area contributed by atoms with Crippen LogP contribution < -0.4 is 0 Å². The summed E-state index contributed by atoms with van der Waals surface area (Å²) in [7, 11) is 1.79. The molecule has 0 amide bonds. The van der Waals surface area contributed by atoms with Crippen LogP contribution in [0, 0.1) is 0 Å². The van der Waals surface area contributed by atoms with Gasteiger partial charge >= 0.3 is 0 Å². The highest BCUT2D eigenvalue weighted by molar-refractivity contribution is 5.74. The first-order valence-corrected chi connectivity index (χ1v) is 7.01. The number of methoxy groups -OCH3 is 1. The Morgan fingerprint density at radius 2 is 2.21 bits per heavy atom. The third-order valence-corrected chi connectivity index (χ3v) is 4.01. The number of hydrogen-bond acceptors (Lipinski definition) is 3. The smallest absolute Gasteiger partial charge is 0.0958 e. The van der Waals surface area contributed by atoms with Crippen LogP contribution in [-0.2, 0) is 11.3 Å². The largest absolute Gasteiger partial charge is 0.383 e. The predicted octanol–water partition coefficient (Wildman–Crippen LogP) is 2.15. The van der Waals surface area contributed by atoms with Gasteiger partial charge in [-0.1, -0.05) is 12.1 Å². The fourth-order valence-electron chi connectivity index (χ4n) is 3.00. The summed E-state index contributed by atoms with van der Waals surface area (Å²) < 4.78 is 7.55. The Kier molecular flexibility index (Phi) is 3.80. The average molecular weight is 259 g/mol. The van der Waals surface area contributed by atoms with E-state index < -0.39 is 0 Å². The molecule has 0 N–H and O–H groups in total. The van der Waals surface area contributed by atoms with Crippen LogP contribution >= 0.6 is 0 Å². The lowest BCUT2D eigenvalue weighted by Crippen LogP contribution is -2.35. The molecule has 4 heteroatoms. The van der Waals surface area contributed by atoms with E-state index in [1.165, 1.54) is 24.9 Å². The highest BCUT2D eigenvalue weighted by Gasteiger charge is 2.23. The number of hydrogen-bond donors (Lipinski definition) is 0. The van der Waals surface area contributed by atoms with Gasteiger partial charge in [0.05, 0.1) is 24.0 Å². The lowest BCUT2D eigenvalue weighted by atomic mass is 10.2. The van der Waals surface area contributed by atoms with Gasteiger partial charge in [-0.25, -0.2) is 4.98 Å². The van der Waals surface area contributed by atoms with E-state index in [0.717, 1.165) is 25.2 Å². The van der Waals surface area contributed by atoms with Crippen molar-refractivity contribution in [2.75, 3.05) is 26.8 Å². The van der Waals surface area contributed by atoms with Crippen molar-refractivity contribution in [1.82, 2.24) is 14.5 Å². The topological polar surface area (TPSA) is 30.3 Å². The van der Waals surface area contributed by atoms with Crippen molar-refractivity contribution < 1.29 is 4.74 Å². The maximum absolute atomic E-state index is 5.30. The van der Waals surface area contributed by atoms with Crippen LogP contribution in [0.5, 0.6) is 0 Å². The van der Waals surface area contributed by atoms with Gasteiger partial charge in [0.1, 0.15) is 0 Å². The third-order valence-electron chi connectivity index (χ3n) is 4.01. The fourth-order valence-corrected chi connectivity index (χ4v) is 3.00. The molecule has 1 aliphatic rings. The first kappa shape index (κ1) is 12.6. The summed E-state index contributed by atoms with van der Waals surface area (Å²) in [6, 6.07) is 8.91. The molecule has 1 aromatic heterocycles. The number of fused-ring (bicyclic) bond motifs is 1. The maximum atomic E-state index is 5.30. The number of aromatic nitrogens is 2. The minimum absolute atomic E-state index is 0.597. The molecule has 0 radical (unpaired) electrons. The molecule has 19 heavy (non-hydrogen) atoms. The summed E-state index contributed by atoms with van der Waals surface area (Å²) >= 11 is 0. The highest BCUT2D eigenvalue weighted by atomic mass is 16.5. The zero-order valence-electron chi connectivity index (χ0n) is 11.5. The highest BCUT2D eigenvalue weighted by Crippen LogP contribution is 2.18. The molecule has 2 aromatic rings. The summed E-state index contributed by atoms with van der Waals surface area (Å²) in [6.45, 7) is 4.13. The third kappa shape index (κ3) is 2.65. The first-order chi connectivity index (χ1) is 9.38. The minimum atomic E-state index is 0.597. The van der Waals surface area contributed by atoms with Crippen molar-refractivity contribution in [3.63, 3.8) is 0 Å². The van der Waals surface area contributed by atoms with Crippen molar-refractivity contribution in [1.29, 1.82) is 0 Å². The lowest BCUT2D eigenvalue weighted by Gasteiger charge is -2.23. The molecule has 102 valence electrons. The Hall–Kier alpha value is -1.39. The van der Waals surface area contributed by atoms with Gasteiger partial charge in [-0.2, -0.15) is 0 Å². The Morgan fingerprint density at radius 3 is 3.11 bits per heavy atom. The van der Waals surface area contributed by atoms with Crippen molar-refractivity contribution >= 4 is 11.0 Å². The van der Waals surface area contributed by atoms with E-state index >= 15 is 0 Å². The number of imidazole rings is 1. The zero-order valence-corrected chi connectivity index (χ0v) is 11.5. The Labute approximate surface area is 114 Å². The van der Waals surface area contributed by atoms with Gasteiger partial charge in [0.15, 0.2) is 0 Å². The number of benzene rings is 1. The van der Waals surface area contributed by atoms with Crippen LogP contribution in [0.3, 0.4) is 0 Å². The van der Waals surface area contributed by atoms with Crippen molar-refractivity contribution in [2.45, 2.75) is 25.4 Å². The second-order valence-electron chi connectivity index (χ2n) is 5.21. The molecule has 0 unspecified atom stereocenters. The Balaban J connectivity index is 1.65. The molecular formula is C15H21N3O. The quantitative estimate of drug-likeness (QED) is 0.824. The molecule has 1 aromatic carbocycles. The normalized spacial score (nSPS) is 20.4. The fraction of sp³-hybridized carbons (Fsp3) is 0.533. The number of rotatable bonds is 5. The van der Waals surface area contributed by atoms with E-state index in [4.69, 9.17) is 4.74 Å². The van der Waals surface area contributed by atoms with Crippen LogP contribution in [0.1, 0.15) is 12.8 Å². The second-order valence-corrected chi connectivity index (χ2v) is 5.21. The molecule has 1 aliphatic heterocycles. The molecule has 2 heterocycles. The van der Waals surface area contributed by atoms with E-state index in [0.29, 0.717) is 6.04 Å². The molecule has 0 bridgehead atoms. The molecule has 0 saturated carbocycles. The Morgan fingerprint density at radius 1 is 1.32 bits per heavy atom. The van der Waals surface area contributed by atoms with Gasteiger partial charge < -0.3 is 9.30 Å². The van der Waals surface area contributed by atoms with E-state index in [1.54, 1.807) is 7.11 Å². The summed E-state index contributed by atoms with van der Waals surface area (Å²) in [5.74, 6) is 0. The monoisotopic (exact) mass is 259 g/mol. The first-order valence-electron chi connectivity index (χ1n) is 7.01.